The van der Waals surface area contributed by atoms with E-state index in [1.807, 2.05) is 0 Å². The fourth-order valence-corrected chi connectivity index (χ4v) is 2.04. The first kappa shape index (κ1) is 12.1. The van der Waals surface area contributed by atoms with E-state index in [2.05, 4.69) is 20.8 Å². The Bertz CT molecular complexity index is 371. The molecule has 1 aliphatic heterocycles. The lowest BCUT2D eigenvalue weighted by molar-refractivity contribution is 0.0940. The summed E-state index contributed by atoms with van der Waals surface area (Å²) in [6.07, 6.45) is 2.27. The molecule has 1 saturated heterocycles. The van der Waals surface area contributed by atoms with Crippen molar-refractivity contribution in [3.05, 3.63) is 17.5 Å². The van der Waals surface area contributed by atoms with E-state index in [9.17, 15) is 4.79 Å². The molecule has 1 aliphatic rings. The van der Waals surface area contributed by atoms with Crippen LogP contribution in [0.4, 0.5) is 0 Å². The van der Waals surface area contributed by atoms with Gasteiger partial charge in [-0.2, -0.15) is 5.10 Å². The Morgan fingerprint density at radius 2 is 2.53 bits per heavy atom. The predicted octanol–water partition coefficient (Wildman–Crippen LogP) is -0.401. The van der Waals surface area contributed by atoms with Crippen molar-refractivity contribution in [2.24, 2.45) is 0 Å². The third-order valence-electron chi connectivity index (χ3n) is 2.96. The third kappa shape index (κ3) is 3.04. The number of aliphatic hydroxyl groups excluding tert-OH is 1. The second kappa shape index (κ2) is 5.79. The molecule has 1 fully saturated rings. The molecule has 94 valence electrons. The highest BCUT2D eigenvalue weighted by atomic mass is 16.3. The maximum absolute atomic E-state index is 11.6. The highest BCUT2D eigenvalue weighted by Gasteiger charge is 2.19. The number of aliphatic hydroxyl groups is 1. The van der Waals surface area contributed by atoms with Crippen molar-refractivity contribution in [1.29, 1.82) is 0 Å². The second-order valence-electron chi connectivity index (χ2n) is 4.23. The van der Waals surface area contributed by atoms with Crippen molar-refractivity contribution < 1.29 is 9.90 Å². The molecule has 0 unspecified atom stereocenters. The fourth-order valence-electron chi connectivity index (χ4n) is 2.04. The minimum atomic E-state index is -0.245. The number of carbonyl (C=O) groups excluding carboxylic acids is 1. The number of rotatable bonds is 4. The smallest absolute Gasteiger partial charge is 0.271 e. The lowest BCUT2D eigenvalue weighted by Crippen LogP contribution is -2.28. The molecule has 0 saturated carbocycles. The number of hydrogen-bond donors (Lipinski definition) is 4. The van der Waals surface area contributed by atoms with Gasteiger partial charge in [-0.1, -0.05) is 0 Å². The van der Waals surface area contributed by atoms with Crippen LogP contribution in [0.15, 0.2) is 6.07 Å². The van der Waals surface area contributed by atoms with Crippen LogP contribution in [0, 0.1) is 0 Å². The van der Waals surface area contributed by atoms with Crippen LogP contribution in [-0.4, -0.2) is 47.5 Å². The number of piperidine rings is 1. The van der Waals surface area contributed by atoms with Crippen molar-refractivity contribution >= 4 is 5.91 Å². The molecule has 2 heterocycles. The van der Waals surface area contributed by atoms with E-state index in [-0.39, 0.29) is 19.1 Å². The van der Waals surface area contributed by atoms with Gasteiger partial charge in [0.2, 0.25) is 0 Å². The SMILES string of the molecule is O=C(NCCO)c1cc([C@@H]2CCCNC2)[nH]n1. The van der Waals surface area contributed by atoms with E-state index in [0.29, 0.717) is 11.6 Å². The number of carbonyl (C=O) groups is 1. The summed E-state index contributed by atoms with van der Waals surface area (Å²) in [5.41, 5.74) is 1.39. The summed E-state index contributed by atoms with van der Waals surface area (Å²) >= 11 is 0. The lowest BCUT2D eigenvalue weighted by Gasteiger charge is -2.21. The normalized spacial score (nSPS) is 20.2. The maximum Gasteiger partial charge on any atom is 0.271 e. The molecule has 4 N–H and O–H groups in total. The van der Waals surface area contributed by atoms with Gasteiger partial charge in [0.1, 0.15) is 5.69 Å². The highest BCUT2D eigenvalue weighted by molar-refractivity contribution is 5.92. The highest BCUT2D eigenvalue weighted by Crippen LogP contribution is 2.21. The Balaban J connectivity index is 1.97. The monoisotopic (exact) mass is 238 g/mol. The van der Waals surface area contributed by atoms with Crippen molar-refractivity contribution in [2.45, 2.75) is 18.8 Å². The molecule has 1 atom stereocenters. The Labute approximate surface area is 99.8 Å². The zero-order valence-electron chi connectivity index (χ0n) is 9.70. The van der Waals surface area contributed by atoms with E-state index in [1.54, 1.807) is 6.07 Å². The summed E-state index contributed by atoms with van der Waals surface area (Å²) < 4.78 is 0. The third-order valence-corrected chi connectivity index (χ3v) is 2.96. The number of amides is 1. The van der Waals surface area contributed by atoms with E-state index in [4.69, 9.17) is 5.11 Å². The molecule has 6 heteroatoms. The summed E-state index contributed by atoms with van der Waals surface area (Å²) in [6, 6.07) is 1.80. The Morgan fingerprint density at radius 3 is 3.24 bits per heavy atom. The van der Waals surface area contributed by atoms with E-state index >= 15 is 0 Å². The average molecular weight is 238 g/mol. The summed E-state index contributed by atoms with van der Waals surface area (Å²) in [4.78, 5) is 11.6. The number of hydrogen-bond acceptors (Lipinski definition) is 4. The van der Waals surface area contributed by atoms with Gasteiger partial charge in [0, 0.05) is 24.7 Å². The number of aromatic amines is 1. The van der Waals surface area contributed by atoms with Crippen molar-refractivity contribution in [3.63, 3.8) is 0 Å². The van der Waals surface area contributed by atoms with Crippen LogP contribution >= 0.6 is 0 Å². The zero-order chi connectivity index (χ0) is 12.1. The van der Waals surface area contributed by atoms with Gasteiger partial charge in [-0.15, -0.1) is 0 Å². The number of nitrogens with zero attached hydrogens (tertiary/aromatic N) is 1. The van der Waals surface area contributed by atoms with Crippen molar-refractivity contribution in [1.82, 2.24) is 20.8 Å². The molecule has 1 aromatic heterocycles. The van der Waals surface area contributed by atoms with Crippen molar-refractivity contribution in [3.8, 4) is 0 Å². The Morgan fingerprint density at radius 1 is 1.65 bits per heavy atom. The molecule has 1 aromatic rings. The number of aromatic nitrogens is 2. The molecule has 0 aromatic carbocycles. The van der Waals surface area contributed by atoms with Gasteiger partial charge in [0.25, 0.3) is 5.91 Å². The minimum Gasteiger partial charge on any atom is -0.395 e. The van der Waals surface area contributed by atoms with Crippen LogP contribution in [0.3, 0.4) is 0 Å². The Kier molecular flexibility index (Phi) is 4.11. The summed E-state index contributed by atoms with van der Waals surface area (Å²) in [5, 5.41) is 21.4. The standard InChI is InChI=1S/C11H18N4O2/c16-5-4-13-11(17)10-6-9(14-15-10)8-2-1-3-12-7-8/h6,8,12,16H,1-5,7H2,(H,13,17)(H,14,15)/t8-/m1/s1. The van der Waals surface area contributed by atoms with Crippen LogP contribution < -0.4 is 10.6 Å². The van der Waals surface area contributed by atoms with Crippen LogP contribution in [0.2, 0.25) is 0 Å². The van der Waals surface area contributed by atoms with Crippen LogP contribution in [-0.2, 0) is 0 Å². The van der Waals surface area contributed by atoms with Gasteiger partial charge >= 0.3 is 0 Å². The summed E-state index contributed by atoms with van der Waals surface area (Å²) in [7, 11) is 0. The Hall–Kier alpha value is -1.40. The minimum absolute atomic E-state index is 0.0600. The van der Waals surface area contributed by atoms with E-state index in [0.717, 1.165) is 31.6 Å². The molecular weight excluding hydrogens is 220 g/mol. The largest absolute Gasteiger partial charge is 0.395 e. The first-order valence-electron chi connectivity index (χ1n) is 5.96. The average Bonchev–Trinajstić information content (AvgIpc) is 2.86. The molecule has 0 radical (unpaired) electrons. The van der Waals surface area contributed by atoms with E-state index in [1.165, 1.54) is 0 Å². The molecule has 17 heavy (non-hydrogen) atoms. The van der Waals surface area contributed by atoms with E-state index < -0.39 is 0 Å². The van der Waals surface area contributed by atoms with Crippen LogP contribution in [0.5, 0.6) is 0 Å². The molecular formula is C11H18N4O2. The zero-order valence-corrected chi connectivity index (χ0v) is 9.70. The van der Waals surface area contributed by atoms with Gasteiger partial charge in [0.05, 0.1) is 6.61 Å². The molecule has 0 aliphatic carbocycles. The van der Waals surface area contributed by atoms with Crippen LogP contribution in [0.25, 0.3) is 0 Å². The number of nitrogens with one attached hydrogen (secondary N) is 3. The van der Waals surface area contributed by atoms with Gasteiger partial charge in [0.15, 0.2) is 0 Å². The first-order chi connectivity index (χ1) is 8.31. The maximum atomic E-state index is 11.6. The number of H-pyrrole nitrogens is 1. The van der Waals surface area contributed by atoms with Gasteiger partial charge in [-0.3, -0.25) is 9.89 Å². The summed E-state index contributed by atoms with van der Waals surface area (Å²) in [6.45, 7) is 2.19. The topological polar surface area (TPSA) is 90.0 Å². The van der Waals surface area contributed by atoms with Gasteiger partial charge in [-0.05, 0) is 25.5 Å². The lowest BCUT2D eigenvalue weighted by atomic mass is 9.96. The molecule has 0 spiro atoms. The quantitative estimate of drug-likeness (QED) is 0.574. The summed E-state index contributed by atoms with van der Waals surface area (Å²) in [5.74, 6) is 0.168. The molecule has 2 rings (SSSR count). The molecule has 0 bridgehead atoms. The molecule has 1 amide bonds. The second-order valence-corrected chi connectivity index (χ2v) is 4.23. The van der Waals surface area contributed by atoms with Crippen molar-refractivity contribution in [2.75, 3.05) is 26.2 Å². The first-order valence-corrected chi connectivity index (χ1v) is 5.96. The van der Waals surface area contributed by atoms with Crippen LogP contribution in [0.1, 0.15) is 34.9 Å². The fraction of sp³-hybridized carbons (Fsp3) is 0.636. The van der Waals surface area contributed by atoms with Gasteiger partial charge in [-0.25, -0.2) is 0 Å². The molecule has 6 nitrogen and oxygen atoms in total. The van der Waals surface area contributed by atoms with Gasteiger partial charge < -0.3 is 15.7 Å². The predicted molar refractivity (Wildman–Crippen MR) is 62.9 cm³/mol.